The molecule has 0 amide bonds. The smallest absolute Gasteiger partial charge is 0.0589 e. The molecule has 0 saturated heterocycles. The Hall–Kier alpha value is -0.120. The number of nitrogens with zero attached hydrogens (tertiary/aromatic N) is 1. The molecule has 0 spiro atoms. The molecule has 0 bridgehead atoms. The fraction of sp³-hybridized carbons (Fsp3) is 1.00. The lowest BCUT2D eigenvalue weighted by Crippen LogP contribution is -2.33. The van der Waals surface area contributed by atoms with Crippen LogP contribution < -0.4 is 5.32 Å². The van der Waals surface area contributed by atoms with E-state index in [-0.39, 0.29) is 0 Å². The van der Waals surface area contributed by atoms with Gasteiger partial charge in [0.05, 0.1) is 6.61 Å². The standard InChI is InChI=1S/C13H30N2O/c1-5-7-14-8-6-9-15(10-11-16-4)12-13(2)3/h13-14H,5-12H2,1-4H3. The molecule has 0 rings (SSSR count). The van der Waals surface area contributed by atoms with Gasteiger partial charge in [-0.3, -0.25) is 0 Å². The Balaban J connectivity index is 3.56. The largest absolute Gasteiger partial charge is 0.383 e. The monoisotopic (exact) mass is 230 g/mol. The summed E-state index contributed by atoms with van der Waals surface area (Å²) in [6.07, 6.45) is 2.45. The third kappa shape index (κ3) is 10.4. The van der Waals surface area contributed by atoms with Crippen molar-refractivity contribution in [1.29, 1.82) is 0 Å². The predicted molar refractivity (Wildman–Crippen MR) is 70.9 cm³/mol. The topological polar surface area (TPSA) is 24.5 Å². The molecule has 0 heterocycles. The molecular weight excluding hydrogens is 200 g/mol. The van der Waals surface area contributed by atoms with E-state index >= 15 is 0 Å². The Morgan fingerprint density at radius 2 is 1.94 bits per heavy atom. The zero-order valence-corrected chi connectivity index (χ0v) is 11.6. The highest BCUT2D eigenvalue weighted by molar-refractivity contribution is 4.61. The van der Waals surface area contributed by atoms with Crippen molar-refractivity contribution in [3.8, 4) is 0 Å². The summed E-state index contributed by atoms with van der Waals surface area (Å²) in [5, 5.41) is 3.44. The van der Waals surface area contributed by atoms with Gasteiger partial charge in [0.25, 0.3) is 0 Å². The van der Waals surface area contributed by atoms with Crippen molar-refractivity contribution in [2.45, 2.75) is 33.6 Å². The number of hydrogen-bond acceptors (Lipinski definition) is 3. The Bertz CT molecular complexity index is 140. The first kappa shape index (κ1) is 15.9. The maximum Gasteiger partial charge on any atom is 0.0589 e. The Labute approximate surface area is 102 Å². The van der Waals surface area contributed by atoms with Gasteiger partial charge < -0.3 is 15.0 Å². The highest BCUT2D eigenvalue weighted by atomic mass is 16.5. The lowest BCUT2D eigenvalue weighted by atomic mass is 10.2. The van der Waals surface area contributed by atoms with Crippen LogP contribution in [0.25, 0.3) is 0 Å². The van der Waals surface area contributed by atoms with Crippen molar-refractivity contribution in [3.63, 3.8) is 0 Å². The second-order valence-corrected chi connectivity index (χ2v) is 4.79. The molecule has 98 valence electrons. The van der Waals surface area contributed by atoms with Crippen molar-refractivity contribution < 1.29 is 4.74 Å². The van der Waals surface area contributed by atoms with E-state index in [1.165, 1.54) is 25.9 Å². The first-order valence-corrected chi connectivity index (χ1v) is 6.62. The highest BCUT2D eigenvalue weighted by Crippen LogP contribution is 1.99. The second-order valence-electron chi connectivity index (χ2n) is 4.79. The van der Waals surface area contributed by atoms with E-state index in [0.29, 0.717) is 0 Å². The van der Waals surface area contributed by atoms with Gasteiger partial charge in [-0.15, -0.1) is 0 Å². The highest BCUT2D eigenvalue weighted by Gasteiger charge is 2.06. The average molecular weight is 230 g/mol. The molecule has 0 aliphatic heterocycles. The van der Waals surface area contributed by atoms with Gasteiger partial charge in [0.1, 0.15) is 0 Å². The maximum absolute atomic E-state index is 5.14. The van der Waals surface area contributed by atoms with Crippen LogP contribution in [0.3, 0.4) is 0 Å². The van der Waals surface area contributed by atoms with E-state index in [4.69, 9.17) is 4.74 Å². The zero-order valence-electron chi connectivity index (χ0n) is 11.6. The minimum atomic E-state index is 0.737. The SMILES string of the molecule is CCCNCCCN(CCOC)CC(C)C. The van der Waals surface area contributed by atoms with Gasteiger partial charge in [0.2, 0.25) is 0 Å². The molecule has 0 unspecified atom stereocenters. The van der Waals surface area contributed by atoms with Crippen molar-refractivity contribution in [3.05, 3.63) is 0 Å². The van der Waals surface area contributed by atoms with Gasteiger partial charge in [0, 0.05) is 20.2 Å². The van der Waals surface area contributed by atoms with Crippen molar-refractivity contribution >= 4 is 0 Å². The molecule has 16 heavy (non-hydrogen) atoms. The Morgan fingerprint density at radius 1 is 1.19 bits per heavy atom. The Kier molecular flexibility index (Phi) is 11.3. The van der Waals surface area contributed by atoms with Crippen molar-refractivity contribution in [2.24, 2.45) is 5.92 Å². The van der Waals surface area contributed by atoms with Gasteiger partial charge in [-0.05, 0) is 38.4 Å². The summed E-state index contributed by atoms with van der Waals surface area (Å²) in [6.45, 7) is 13.3. The van der Waals surface area contributed by atoms with Gasteiger partial charge >= 0.3 is 0 Å². The number of rotatable bonds is 11. The predicted octanol–water partition coefficient (Wildman–Crippen LogP) is 1.98. The van der Waals surface area contributed by atoms with Crippen molar-refractivity contribution in [2.75, 3.05) is 46.4 Å². The van der Waals surface area contributed by atoms with Crippen LogP contribution in [0.5, 0.6) is 0 Å². The second kappa shape index (κ2) is 11.4. The van der Waals surface area contributed by atoms with Gasteiger partial charge in [-0.1, -0.05) is 20.8 Å². The molecule has 0 aliphatic carbocycles. The van der Waals surface area contributed by atoms with Crippen LogP contribution in [0.4, 0.5) is 0 Å². The summed E-state index contributed by atoms with van der Waals surface area (Å²) in [4.78, 5) is 2.50. The lowest BCUT2D eigenvalue weighted by Gasteiger charge is -2.23. The van der Waals surface area contributed by atoms with E-state index < -0.39 is 0 Å². The summed E-state index contributed by atoms with van der Waals surface area (Å²) < 4.78 is 5.14. The third-order valence-electron chi connectivity index (χ3n) is 2.49. The summed E-state index contributed by atoms with van der Waals surface area (Å²) in [7, 11) is 1.77. The lowest BCUT2D eigenvalue weighted by molar-refractivity contribution is 0.139. The third-order valence-corrected chi connectivity index (χ3v) is 2.49. The maximum atomic E-state index is 5.14. The van der Waals surface area contributed by atoms with E-state index in [0.717, 1.165) is 32.2 Å². The first-order valence-electron chi connectivity index (χ1n) is 6.62. The van der Waals surface area contributed by atoms with Crippen LogP contribution in [-0.4, -0.2) is 51.3 Å². The number of methoxy groups -OCH3 is 1. The Morgan fingerprint density at radius 3 is 2.50 bits per heavy atom. The summed E-state index contributed by atoms with van der Waals surface area (Å²) in [5.74, 6) is 0.737. The van der Waals surface area contributed by atoms with Crippen LogP contribution in [-0.2, 0) is 4.74 Å². The molecule has 3 heteroatoms. The fourth-order valence-corrected chi connectivity index (χ4v) is 1.76. The van der Waals surface area contributed by atoms with E-state index in [9.17, 15) is 0 Å². The number of nitrogens with one attached hydrogen (secondary N) is 1. The van der Waals surface area contributed by atoms with E-state index in [2.05, 4.69) is 31.0 Å². The van der Waals surface area contributed by atoms with Gasteiger partial charge in [-0.25, -0.2) is 0 Å². The molecule has 0 aliphatic rings. The molecule has 0 atom stereocenters. The summed E-state index contributed by atoms with van der Waals surface area (Å²) >= 11 is 0. The molecule has 0 fully saturated rings. The zero-order chi connectivity index (χ0) is 12.2. The van der Waals surface area contributed by atoms with Crippen LogP contribution in [0.15, 0.2) is 0 Å². The molecule has 0 aromatic heterocycles. The van der Waals surface area contributed by atoms with Gasteiger partial charge in [0.15, 0.2) is 0 Å². The van der Waals surface area contributed by atoms with E-state index in [1.807, 2.05) is 0 Å². The van der Waals surface area contributed by atoms with Crippen molar-refractivity contribution in [1.82, 2.24) is 10.2 Å². The van der Waals surface area contributed by atoms with Crippen LogP contribution >= 0.6 is 0 Å². The fourth-order valence-electron chi connectivity index (χ4n) is 1.76. The molecule has 0 aromatic rings. The molecular formula is C13H30N2O. The normalized spacial score (nSPS) is 11.6. The van der Waals surface area contributed by atoms with Crippen LogP contribution in [0.2, 0.25) is 0 Å². The summed E-state index contributed by atoms with van der Waals surface area (Å²) in [5.41, 5.74) is 0. The molecule has 1 N–H and O–H groups in total. The quantitative estimate of drug-likeness (QED) is 0.549. The van der Waals surface area contributed by atoms with E-state index in [1.54, 1.807) is 7.11 Å². The summed E-state index contributed by atoms with van der Waals surface area (Å²) in [6, 6.07) is 0. The average Bonchev–Trinajstić information content (AvgIpc) is 2.24. The number of hydrogen-bond donors (Lipinski definition) is 1. The first-order chi connectivity index (χ1) is 7.70. The molecule has 0 radical (unpaired) electrons. The minimum absolute atomic E-state index is 0.737. The number of ether oxygens (including phenoxy) is 1. The van der Waals surface area contributed by atoms with Gasteiger partial charge in [-0.2, -0.15) is 0 Å². The van der Waals surface area contributed by atoms with Crippen LogP contribution in [0.1, 0.15) is 33.6 Å². The van der Waals surface area contributed by atoms with Crippen LogP contribution in [0, 0.1) is 5.92 Å². The molecule has 0 aromatic carbocycles. The molecule has 3 nitrogen and oxygen atoms in total. The minimum Gasteiger partial charge on any atom is -0.383 e. The molecule has 0 saturated carbocycles.